The van der Waals surface area contributed by atoms with Gasteiger partial charge in [-0.25, -0.2) is 0 Å². The third-order valence-electron chi connectivity index (χ3n) is 5.64. The molecule has 5 rings (SSSR count). The van der Waals surface area contributed by atoms with Crippen LogP contribution in [0.3, 0.4) is 0 Å². The third-order valence-corrected chi connectivity index (χ3v) is 5.64. The highest BCUT2D eigenvalue weighted by molar-refractivity contribution is 5.60. The fraction of sp³-hybridized carbons (Fsp3) is 0.474. The van der Waals surface area contributed by atoms with Gasteiger partial charge in [-0.3, -0.25) is 4.90 Å². The van der Waals surface area contributed by atoms with Crippen LogP contribution in [-0.4, -0.2) is 40.3 Å². The largest absolute Gasteiger partial charge is 0.416 e. The molecule has 4 nitrogen and oxygen atoms in total. The predicted molar refractivity (Wildman–Crippen MR) is 93.6 cm³/mol. The fourth-order valence-electron chi connectivity index (χ4n) is 4.13. The van der Waals surface area contributed by atoms with Gasteiger partial charge in [-0.1, -0.05) is 12.1 Å². The molecule has 0 unspecified atom stereocenters. The summed E-state index contributed by atoms with van der Waals surface area (Å²) >= 11 is 0. The topological polar surface area (TPSA) is 41.1 Å². The number of rotatable bonds is 3. The van der Waals surface area contributed by atoms with Crippen LogP contribution in [0.5, 0.6) is 0 Å². The molecule has 0 radical (unpaired) electrons. The zero-order valence-electron chi connectivity index (χ0n) is 14.5. The molecule has 2 bridgehead atoms. The molecule has 0 saturated carbocycles. The van der Waals surface area contributed by atoms with Gasteiger partial charge in [0.25, 0.3) is 0 Å². The molecule has 3 fully saturated rings. The van der Waals surface area contributed by atoms with Crippen LogP contribution < -0.4 is 5.32 Å². The summed E-state index contributed by atoms with van der Waals surface area (Å²) < 4.78 is 38.6. The zero-order valence-corrected chi connectivity index (χ0v) is 14.5. The average molecular weight is 362 g/mol. The number of aromatic nitrogens is 2. The first kappa shape index (κ1) is 17.3. The van der Waals surface area contributed by atoms with Crippen molar-refractivity contribution in [3.63, 3.8) is 0 Å². The van der Waals surface area contributed by atoms with Crippen LogP contribution in [0.2, 0.25) is 0 Å². The van der Waals surface area contributed by atoms with Crippen LogP contribution in [0, 0.1) is 5.92 Å². The van der Waals surface area contributed by atoms with E-state index in [0.717, 1.165) is 25.2 Å². The normalized spacial score (nSPS) is 28.2. The first-order valence-electron chi connectivity index (χ1n) is 8.94. The minimum Gasteiger partial charge on any atom is -0.364 e. The minimum atomic E-state index is -4.36. The van der Waals surface area contributed by atoms with Crippen LogP contribution >= 0.6 is 0 Å². The number of nitrogens with one attached hydrogen (secondary N) is 1. The van der Waals surface area contributed by atoms with Gasteiger partial charge in [0, 0.05) is 17.6 Å². The van der Waals surface area contributed by atoms with Gasteiger partial charge in [0.1, 0.15) is 5.82 Å². The highest BCUT2D eigenvalue weighted by atomic mass is 19.4. The van der Waals surface area contributed by atoms with Crippen LogP contribution in [-0.2, 0) is 6.18 Å². The lowest BCUT2D eigenvalue weighted by molar-refractivity contribution is -0.137. The lowest BCUT2D eigenvalue weighted by atomic mass is 9.79. The summed E-state index contributed by atoms with van der Waals surface area (Å²) in [6.07, 6.45) is -1.98. The van der Waals surface area contributed by atoms with Crippen molar-refractivity contribution in [2.24, 2.45) is 5.92 Å². The Hall–Kier alpha value is -2.15. The smallest absolute Gasteiger partial charge is 0.364 e. The fourth-order valence-corrected chi connectivity index (χ4v) is 4.13. The number of hydrogen-bond donors (Lipinski definition) is 1. The highest BCUT2D eigenvalue weighted by Gasteiger charge is 2.39. The maximum absolute atomic E-state index is 12.9. The minimum absolute atomic E-state index is 0.339. The van der Waals surface area contributed by atoms with Crippen molar-refractivity contribution in [2.45, 2.75) is 38.0 Å². The number of nitrogens with zero attached hydrogens (tertiary/aromatic N) is 3. The second-order valence-corrected chi connectivity index (χ2v) is 7.17. The van der Waals surface area contributed by atoms with Gasteiger partial charge in [-0.2, -0.15) is 13.2 Å². The van der Waals surface area contributed by atoms with Crippen LogP contribution in [0.4, 0.5) is 19.0 Å². The molecule has 0 aliphatic carbocycles. The molecule has 7 heteroatoms. The third kappa shape index (κ3) is 3.28. The van der Waals surface area contributed by atoms with E-state index in [-0.39, 0.29) is 0 Å². The van der Waals surface area contributed by atoms with E-state index in [4.69, 9.17) is 0 Å². The summed E-state index contributed by atoms with van der Waals surface area (Å²) in [5.74, 6) is 1.31. The number of anilines is 1. The molecule has 0 amide bonds. The Balaban J connectivity index is 1.51. The van der Waals surface area contributed by atoms with Gasteiger partial charge in [0.15, 0.2) is 0 Å². The molecule has 1 aromatic heterocycles. The Morgan fingerprint density at radius 3 is 2.46 bits per heavy atom. The Bertz CT molecular complexity index is 765. The van der Waals surface area contributed by atoms with Gasteiger partial charge in [-0.05, 0) is 63.0 Å². The van der Waals surface area contributed by atoms with Crippen molar-refractivity contribution in [3.8, 4) is 11.3 Å². The SMILES string of the molecule is C[C@@H]1[C@H](Nc2ccc(-c3cccc(C(F)(F)F)c3)nn2)C2CCN1CC2. The quantitative estimate of drug-likeness (QED) is 0.894. The van der Waals surface area contributed by atoms with E-state index in [1.54, 1.807) is 18.2 Å². The summed E-state index contributed by atoms with van der Waals surface area (Å²) in [5, 5.41) is 11.8. The first-order chi connectivity index (χ1) is 12.4. The Morgan fingerprint density at radius 1 is 1.08 bits per heavy atom. The average Bonchev–Trinajstić information content (AvgIpc) is 2.65. The summed E-state index contributed by atoms with van der Waals surface area (Å²) in [6, 6.07) is 9.47. The molecule has 3 aliphatic heterocycles. The summed E-state index contributed by atoms with van der Waals surface area (Å²) in [4.78, 5) is 2.49. The molecule has 2 aromatic rings. The molecule has 0 spiro atoms. The van der Waals surface area contributed by atoms with Gasteiger partial charge >= 0.3 is 6.18 Å². The molecule has 4 heterocycles. The van der Waals surface area contributed by atoms with Crippen LogP contribution in [0.15, 0.2) is 36.4 Å². The number of benzene rings is 1. The van der Waals surface area contributed by atoms with E-state index in [2.05, 4.69) is 27.3 Å². The molecule has 138 valence electrons. The monoisotopic (exact) mass is 362 g/mol. The molecule has 3 aliphatic rings. The number of alkyl halides is 3. The predicted octanol–water partition coefficient (Wildman–Crippen LogP) is 4.06. The van der Waals surface area contributed by atoms with E-state index in [0.29, 0.717) is 35.1 Å². The lowest BCUT2D eigenvalue weighted by Crippen LogP contribution is -2.59. The number of piperidine rings is 3. The molecule has 1 N–H and O–H groups in total. The maximum atomic E-state index is 12.9. The highest BCUT2D eigenvalue weighted by Crippen LogP contribution is 2.34. The standard InChI is InChI=1S/C19H21F3N4/c1-12-18(13-7-9-26(12)10-8-13)23-17-6-5-16(24-25-17)14-3-2-4-15(11-14)19(20,21)22/h2-6,11-13,18H,7-10H2,1H3,(H,23,25)/t12-,18+/m1/s1. The molecule has 2 atom stereocenters. The van der Waals surface area contributed by atoms with E-state index < -0.39 is 11.7 Å². The maximum Gasteiger partial charge on any atom is 0.416 e. The summed E-state index contributed by atoms with van der Waals surface area (Å²) in [5.41, 5.74) is 0.166. The van der Waals surface area contributed by atoms with E-state index >= 15 is 0 Å². The van der Waals surface area contributed by atoms with Gasteiger partial charge in [-0.15, -0.1) is 10.2 Å². The Kier molecular flexibility index (Phi) is 4.34. The summed E-state index contributed by atoms with van der Waals surface area (Å²) in [6.45, 7) is 4.54. The van der Waals surface area contributed by atoms with Crippen molar-refractivity contribution in [1.82, 2.24) is 15.1 Å². The van der Waals surface area contributed by atoms with Crippen LogP contribution in [0.1, 0.15) is 25.3 Å². The Labute approximate surface area is 150 Å². The summed E-state index contributed by atoms with van der Waals surface area (Å²) in [7, 11) is 0. The second kappa shape index (κ2) is 6.54. The van der Waals surface area contributed by atoms with E-state index in [1.807, 2.05) is 0 Å². The van der Waals surface area contributed by atoms with E-state index in [1.165, 1.54) is 18.9 Å². The van der Waals surface area contributed by atoms with Crippen molar-refractivity contribution in [3.05, 3.63) is 42.0 Å². The molecule has 26 heavy (non-hydrogen) atoms. The molecular weight excluding hydrogens is 341 g/mol. The lowest BCUT2D eigenvalue weighted by Gasteiger charge is -2.50. The van der Waals surface area contributed by atoms with Crippen molar-refractivity contribution < 1.29 is 13.2 Å². The number of halogens is 3. The first-order valence-corrected chi connectivity index (χ1v) is 8.94. The van der Waals surface area contributed by atoms with Crippen molar-refractivity contribution >= 4 is 5.82 Å². The van der Waals surface area contributed by atoms with Crippen molar-refractivity contribution in [1.29, 1.82) is 0 Å². The molecule has 3 saturated heterocycles. The van der Waals surface area contributed by atoms with Gasteiger partial charge in [0.2, 0.25) is 0 Å². The van der Waals surface area contributed by atoms with Crippen LogP contribution in [0.25, 0.3) is 11.3 Å². The Morgan fingerprint density at radius 2 is 1.85 bits per heavy atom. The van der Waals surface area contributed by atoms with E-state index in [9.17, 15) is 13.2 Å². The van der Waals surface area contributed by atoms with Gasteiger partial charge in [0.05, 0.1) is 11.3 Å². The molecule has 1 aromatic carbocycles. The molecular formula is C19H21F3N4. The number of fused-ring (bicyclic) bond motifs is 3. The number of hydrogen-bond acceptors (Lipinski definition) is 4. The van der Waals surface area contributed by atoms with Gasteiger partial charge < -0.3 is 5.32 Å². The second-order valence-electron chi connectivity index (χ2n) is 7.17. The zero-order chi connectivity index (χ0) is 18.3. The van der Waals surface area contributed by atoms with Crippen molar-refractivity contribution in [2.75, 3.05) is 18.4 Å².